The number of ether oxygens (including phenoxy) is 1. The standard InChI is InChI=1S/C27H35N5O2/c1-21(2)17-25-18-22(29-32(25)24-9-11-26(34-3)12-10-24)19-27(33)28-20-30-13-15-31(16-14-30)23-7-5-4-6-8-23/h4-12,18,21H,13-17,19-20H2,1-3H3,(H,28,33). The van der Waals surface area contributed by atoms with E-state index in [1.165, 1.54) is 5.69 Å². The maximum Gasteiger partial charge on any atom is 0.227 e. The molecule has 1 aliphatic rings. The van der Waals surface area contributed by atoms with E-state index in [2.05, 4.69) is 59.3 Å². The highest BCUT2D eigenvalue weighted by Crippen LogP contribution is 2.20. The number of hydrogen-bond donors (Lipinski definition) is 1. The van der Waals surface area contributed by atoms with Crippen molar-refractivity contribution in [2.45, 2.75) is 26.7 Å². The summed E-state index contributed by atoms with van der Waals surface area (Å²) in [5.74, 6) is 1.30. The Bertz CT molecular complexity index is 1050. The summed E-state index contributed by atoms with van der Waals surface area (Å²) in [5.41, 5.74) is 4.13. The highest BCUT2D eigenvalue weighted by atomic mass is 16.5. The molecule has 0 aliphatic carbocycles. The first-order valence-corrected chi connectivity index (χ1v) is 12.0. The molecular weight excluding hydrogens is 426 g/mol. The van der Waals surface area contributed by atoms with Gasteiger partial charge in [0.25, 0.3) is 0 Å². The van der Waals surface area contributed by atoms with E-state index in [0.29, 0.717) is 12.6 Å². The molecule has 1 aromatic heterocycles. The van der Waals surface area contributed by atoms with Gasteiger partial charge in [0.05, 0.1) is 31.6 Å². The minimum atomic E-state index is 0.000895. The summed E-state index contributed by atoms with van der Waals surface area (Å²) in [6, 6.07) is 20.4. The van der Waals surface area contributed by atoms with Crippen LogP contribution in [0.25, 0.3) is 5.69 Å². The lowest BCUT2D eigenvalue weighted by molar-refractivity contribution is -0.121. The zero-order chi connectivity index (χ0) is 23.9. The first-order valence-electron chi connectivity index (χ1n) is 12.0. The van der Waals surface area contributed by atoms with Crippen LogP contribution in [0.2, 0.25) is 0 Å². The number of carbonyl (C=O) groups is 1. The summed E-state index contributed by atoms with van der Waals surface area (Å²) < 4.78 is 7.22. The van der Waals surface area contributed by atoms with Crippen LogP contribution in [0.15, 0.2) is 60.7 Å². The maximum absolute atomic E-state index is 12.7. The van der Waals surface area contributed by atoms with Crippen LogP contribution >= 0.6 is 0 Å². The van der Waals surface area contributed by atoms with Gasteiger partial charge in [-0.25, -0.2) is 4.68 Å². The molecule has 34 heavy (non-hydrogen) atoms. The molecule has 2 heterocycles. The number of rotatable bonds is 9. The fourth-order valence-electron chi connectivity index (χ4n) is 4.30. The predicted octanol–water partition coefficient (Wildman–Crippen LogP) is 3.52. The van der Waals surface area contributed by atoms with Crippen LogP contribution in [-0.4, -0.2) is 60.5 Å². The normalized spacial score (nSPS) is 14.4. The Morgan fingerprint density at radius 3 is 2.35 bits per heavy atom. The molecule has 180 valence electrons. The van der Waals surface area contributed by atoms with E-state index in [1.807, 2.05) is 35.0 Å². The van der Waals surface area contributed by atoms with Gasteiger partial charge in [-0.15, -0.1) is 0 Å². The first kappa shape index (κ1) is 23.8. The van der Waals surface area contributed by atoms with Gasteiger partial charge < -0.3 is 15.0 Å². The van der Waals surface area contributed by atoms with Crippen molar-refractivity contribution in [3.8, 4) is 11.4 Å². The quantitative estimate of drug-likeness (QED) is 0.528. The molecule has 0 unspecified atom stereocenters. The van der Waals surface area contributed by atoms with Gasteiger partial charge in [0.2, 0.25) is 5.91 Å². The smallest absolute Gasteiger partial charge is 0.227 e. The molecule has 3 aromatic rings. The molecule has 0 atom stereocenters. The molecule has 7 heteroatoms. The molecule has 1 N–H and O–H groups in total. The number of para-hydroxylation sites is 1. The Hall–Kier alpha value is -3.32. The lowest BCUT2D eigenvalue weighted by Crippen LogP contribution is -2.50. The largest absolute Gasteiger partial charge is 0.497 e. The lowest BCUT2D eigenvalue weighted by atomic mass is 10.1. The second-order valence-electron chi connectivity index (χ2n) is 9.21. The first-order chi connectivity index (χ1) is 16.5. The summed E-state index contributed by atoms with van der Waals surface area (Å²) in [6.45, 7) is 8.74. The third-order valence-electron chi connectivity index (χ3n) is 6.10. The molecule has 0 saturated carbocycles. The number of methoxy groups -OCH3 is 1. The van der Waals surface area contributed by atoms with Crippen molar-refractivity contribution in [2.75, 3.05) is 44.9 Å². The molecule has 7 nitrogen and oxygen atoms in total. The van der Waals surface area contributed by atoms with E-state index in [0.717, 1.165) is 55.4 Å². The van der Waals surface area contributed by atoms with Gasteiger partial charge >= 0.3 is 0 Å². The Labute approximate surface area is 202 Å². The van der Waals surface area contributed by atoms with Gasteiger partial charge in [0.15, 0.2) is 0 Å². The van der Waals surface area contributed by atoms with Crippen LogP contribution in [0.5, 0.6) is 5.75 Å². The van der Waals surface area contributed by atoms with Crippen LogP contribution in [0, 0.1) is 5.92 Å². The van der Waals surface area contributed by atoms with E-state index in [9.17, 15) is 4.79 Å². The number of aromatic nitrogens is 2. The van der Waals surface area contributed by atoms with Gasteiger partial charge in [0, 0.05) is 37.6 Å². The molecule has 1 aliphatic heterocycles. The molecule has 0 bridgehead atoms. The van der Waals surface area contributed by atoms with Crippen molar-refractivity contribution in [1.29, 1.82) is 0 Å². The van der Waals surface area contributed by atoms with Crippen molar-refractivity contribution >= 4 is 11.6 Å². The maximum atomic E-state index is 12.7. The Kier molecular flexibility index (Phi) is 7.85. The molecule has 4 rings (SSSR count). The molecule has 2 aromatic carbocycles. The van der Waals surface area contributed by atoms with E-state index in [-0.39, 0.29) is 12.3 Å². The third-order valence-corrected chi connectivity index (χ3v) is 6.10. The average Bonchev–Trinajstić information content (AvgIpc) is 3.24. The van der Waals surface area contributed by atoms with Gasteiger partial charge in [-0.3, -0.25) is 9.69 Å². The zero-order valence-electron chi connectivity index (χ0n) is 20.4. The lowest BCUT2D eigenvalue weighted by Gasteiger charge is -2.36. The topological polar surface area (TPSA) is 62.6 Å². The van der Waals surface area contributed by atoms with Crippen molar-refractivity contribution in [3.05, 3.63) is 72.1 Å². The number of hydrogen-bond acceptors (Lipinski definition) is 5. The Balaban J connectivity index is 1.32. The summed E-state index contributed by atoms with van der Waals surface area (Å²) >= 11 is 0. The van der Waals surface area contributed by atoms with Gasteiger partial charge in [0.1, 0.15) is 5.75 Å². The number of nitrogens with zero attached hydrogens (tertiary/aromatic N) is 4. The molecule has 0 spiro atoms. The predicted molar refractivity (Wildman–Crippen MR) is 136 cm³/mol. The van der Waals surface area contributed by atoms with E-state index in [4.69, 9.17) is 9.84 Å². The van der Waals surface area contributed by atoms with Crippen LogP contribution in [-0.2, 0) is 17.6 Å². The van der Waals surface area contributed by atoms with Crippen LogP contribution < -0.4 is 15.0 Å². The van der Waals surface area contributed by atoms with E-state index in [1.54, 1.807) is 7.11 Å². The second-order valence-corrected chi connectivity index (χ2v) is 9.21. The second kappa shape index (κ2) is 11.2. The zero-order valence-corrected chi connectivity index (χ0v) is 20.4. The minimum absolute atomic E-state index is 0.000895. The Morgan fingerprint density at radius 2 is 1.71 bits per heavy atom. The summed E-state index contributed by atoms with van der Waals surface area (Å²) in [6.07, 6.45) is 1.17. The van der Waals surface area contributed by atoms with Crippen LogP contribution in [0.1, 0.15) is 25.2 Å². The molecule has 1 saturated heterocycles. The SMILES string of the molecule is COc1ccc(-n2nc(CC(=O)NCN3CCN(c4ccccc4)CC3)cc2CC(C)C)cc1. The number of anilines is 1. The van der Waals surface area contributed by atoms with Crippen LogP contribution in [0.3, 0.4) is 0 Å². The highest BCUT2D eigenvalue weighted by Gasteiger charge is 2.18. The van der Waals surface area contributed by atoms with E-state index >= 15 is 0 Å². The minimum Gasteiger partial charge on any atom is -0.497 e. The number of amides is 1. The van der Waals surface area contributed by atoms with Crippen molar-refractivity contribution in [1.82, 2.24) is 20.0 Å². The van der Waals surface area contributed by atoms with E-state index < -0.39 is 0 Å². The molecule has 0 radical (unpaired) electrons. The highest BCUT2D eigenvalue weighted by molar-refractivity contribution is 5.78. The fourth-order valence-corrected chi connectivity index (χ4v) is 4.30. The number of benzene rings is 2. The third kappa shape index (κ3) is 6.17. The van der Waals surface area contributed by atoms with Gasteiger partial charge in [-0.05, 0) is 54.8 Å². The average molecular weight is 462 g/mol. The Morgan fingerprint density at radius 1 is 1.00 bits per heavy atom. The molecule has 1 fully saturated rings. The summed E-state index contributed by atoms with van der Waals surface area (Å²) in [5, 5.41) is 7.84. The number of piperazine rings is 1. The fraction of sp³-hybridized carbons (Fsp3) is 0.407. The molecule has 1 amide bonds. The number of nitrogens with one attached hydrogen (secondary N) is 1. The van der Waals surface area contributed by atoms with Gasteiger partial charge in [-0.1, -0.05) is 32.0 Å². The van der Waals surface area contributed by atoms with Crippen molar-refractivity contribution in [2.24, 2.45) is 5.92 Å². The summed E-state index contributed by atoms with van der Waals surface area (Å²) in [7, 11) is 1.66. The van der Waals surface area contributed by atoms with Crippen LogP contribution in [0.4, 0.5) is 5.69 Å². The van der Waals surface area contributed by atoms with Crippen molar-refractivity contribution in [3.63, 3.8) is 0 Å². The summed E-state index contributed by atoms with van der Waals surface area (Å²) in [4.78, 5) is 17.4. The number of carbonyl (C=O) groups excluding carboxylic acids is 1. The molecular formula is C27H35N5O2. The van der Waals surface area contributed by atoms with Crippen molar-refractivity contribution < 1.29 is 9.53 Å². The van der Waals surface area contributed by atoms with Gasteiger partial charge in [-0.2, -0.15) is 5.10 Å². The monoisotopic (exact) mass is 461 g/mol.